The number of azo groups is 1. The smallest absolute Gasteiger partial charge is 0.233 e. The highest BCUT2D eigenvalue weighted by molar-refractivity contribution is 6.43. The number of anilines is 3. The first kappa shape index (κ1) is 25.9. The first-order valence-electron chi connectivity index (χ1n) is 11.5. The summed E-state index contributed by atoms with van der Waals surface area (Å²) >= 11 is 12.7. The number of nitrogens with one attached hydrogen (secondary N) is 1. The van der Waals surface area contributed by atoms with Crippen molar-refractivity contribution in [1.29, 1.82) is 0 Å². The van der Waals surface area contributed by atoms with E-state index in [1.165, 1.54) is 24.3 Å². The second-order valence-corrected chi connectivity index (χ2v) is 9.58. The molecule has 0 amide bonds. The van der Waals surface area contributed by atoms with E-state index in [2.05, 4.69) is 25.4 Å². The lowest BCUT2D eigenvalue weighted by molar-refractivity contribution is 0.0977. The summed E-state index contributed by atoms with van der Waals surface area (Å²) < 4.78 is 0. The third kappa shape index (κ3) is 4.36. The van der Waals surface area contributed by atoms with Gasteiger partial charge in [0.25, 0.3) is 0 Å². The molecule has 0 aliphatic heterocycles. The van der Waals surface area contributed by atoms with Gasteiger partial charge in [-0.3, -0.25) is 9.59 Å². The number of nitrogen functional groups attached to an aromatic ring is 1. The highest BCUT2D eigenvalue weighted by atomic mass is 35.5. The van der Waals surface area contributed by atoms with Gasteiger partial charge in [0.1, 0.15) is 22.9 Å². The number of hydrogen-bond donors (Lipinski definition) is 3. The Hall–Kier alpha value is -4.78. The van der Waals surface area contributed by atoms with Crippen LogP contribution >= 0.6 is 23.2 Å². The van der Waals surface area contributed by atoms with E-state index in [1.807, 2.05) is 31.2 Å². The van der Waals surface area contributed by atoms with Crippen molar-refractivity contribution in [3.05, 3.63) is 103 Å². The Morgan fingerprint density at radius 3 is 2.33 bits per heavy atom. The molecule has 1 heterocycles. The predicted molar refractivity (Wildman–Crippen MR) is 150 cm³/mol. The Bertz CT molecular complexity index is 1790. The number of phenolic OH excluding ortho intramolecular Hbond substituents is 1. The lowest BCUT2D eigenvalue weighted by Crippen LogP contribution is -2.21. The molecule has 1 aromatic heterocycles. The lowest BCUT2D eigenvalue weighted by atomic mass is 9.82. The number of carbonyl (C=O) groups is 2. The molecule has 4 N–H and O–H groups in total. The number of aryl methyl sites for hydroxylation is 1. The van der Waals surface area contributed by atoms with Gasteiger partial charge in [0.15, 0.2) is 17.4 Å². The Balaban J connectivity index is 1.61. The molecule has 3 aromatic carbocycles. The number of phenols is 1. The molecule has 1 aliphatic carbocycles. The molecule has 0 saturated heterocycles. The summed E-state index contributed by atoms with van der Waals surface area (Å²) in [7, 11) is 0. The Kier molecular flexibility index (Phi) is 6.52. The fourth-order valence-electron chi connectivity index (χ4n) is 4.31. The molecule has 0 unspecified atom stereocenters. The van der Waals surface area contributed by atoms with Crippen molar-refractivity contribution >= 4 is 69.2 Å². The Labute approximate surface area is 232 Å². The van der Waals surface area contributed by atoms with E-state index in [0.717, 1.165) is 11.3 Å². The van der Waals surface area contributed by atoms with Crippen molar-refractivity contribution in [1.82, 2.24) is 4.98 Å². The van der Waals surface area contributed by atoms with Crippen LogP contribution < -0.4 is 11.1 Å². The molecule has 11 heteroatoms. The zero-order valence-electron chi connectivity index (χ0n) is 20.5. The molecule has 39 heavy (non-hydrogen) atoms. The van der Waals surface area contributed by atoms with Gasteiger partial charge in [0, 0.05) is 11.3 Å². The summed E-state index contributed by atoms with van der Waals surface area (Å²) in [6.07, 6.45) is 0. The van der Waals surface area contributed by atoms with Crippen molar-refractivity contribution < 1.29 is 14.7 Å². The highest BCUT2D eigenvalue weighted by Crippen LogP contribution is 2.45. The minimum absolute atomic E-state index is 0.0125. The van der Waals surface area contributed by atoms with Gasteiger partial charge in [0.05, 0.1) is 33.3 Å². The number of nitrogens with two attached hydrogens (primary N) is 1. The number of pyridine rings is 1. The van der Waals surface area contributed by atoms with Gasteiger partial charge >= 0.3 is 0 Å². The van der Waals surface area contributed by atoms with Crippen molar-refractivity contribution in [2.24, 2.45) is 10.2 Å². The lowest BCUT2D eigenvalue weighted by Gasteiger charge is -2.21. The van der Waals surface area contributed by atoms with Crippen LogP contribution in [0.4, 0.5) is 34.4 Å². The van der Waals surface area contributed by atoms with E-state index in [9.17, 15) is 14.7 Å². The van der Waals surface area contributed by atoms with Crippen LogP contribution in [0, 0.1) is 20.4 Å². The quantitative estimate of drug-likeness (QED) is 0.153. The first-order valence-corrected chi connectivity index (χ1v) is 12.2. The van der Waals surface area contributed by atoms with Crippen LogP contribution in [0.1, 0.15) is 43.0 Å². The zero-order valence-corrected chi connectivity index (χ0v) is 22.0. The van der Waals surface area contributed by atoms with Crippen LogP contribution in [-0.2, 0) is 0 Å². The maximum Gasteiger partial charge on any atom is 0.233 e. The van der Waals surface area contributed by atoms with Gasteiger partial charge in [-0.1, -0.05) is 53.0 Å². The second-order valence-electron chi connectivity index (χ2n) is 8.77. The Morgan fingerprint density at radius 1 is 0.949 bits per heavy atom. The number of rotatable bonds is 4. The topological polar surface area (TPSA) is 134 Å². The van der Waals surface area contributed by atoms with Gasteiger partial charge in [-0.25, -0.2) is 9.83 Å². The molecule has 5 rings (SSSR count). The minimum Gasteiger partial charge on any atom is -0.507 e. The largest absolute Gasteiger partial charge is 0.507 e. The fraction of sp³-hybridized carbons (Fsp3) is 0.0714. The van der Waals surface area contributed by atoms with Gasteiger partial charge in [0.2, 0.25) is 5.69 Å². The van der Waals surface area contributed by atoms with Crippen LogP contribution in [0.15, 0.2) is 58.8 Å². The molecule has 192 valence electrons. The van der Waals surface area contributed by atoms with Crippen LogP contribution in [0.3, 0.4) is 0 Å². The number of hydrogen-bond acceptors (Lipinski definition) is 8. The average Bonchev–Trinajstić information content (AvgIpc) is 2.89. The van der Waals surface area contributed by atoms with Crippen LogP contribution in [0.5, 0.6) is 5.75 Å². The SMILES string of the molecule is [C-]#[N+]c1c(Nc2ccc(C)cc2)nc(N)c(N=Nc2c(Cl)cc(Cl)c3c2C(=O)c2cccc(O)c2C3=O)c1C. The van der Waals surface area contributed by atoms with E-state index < -0.39 is 11.6 Å². The molecule has 9 nitrogen and oxygen atoms in total. The summed E-state index contributed by atoms with van der Waals surface area (Å²) in [5, 5.41) is 21.6. The summed E-state index contributed by atoms with van der Waals surface area (Å²) in [5.74, 6) is -1.35. The van der Waals surface area contributed by atoms with Crippen LogP contribution in [-0.4, -0.2) is 21.7 Å². The molecule has 0 bridgehead atoms. The van der Waals surface area contributed by atoms with Gasteiger partial charge in [-0.05, 0) is 43.7 Å². The number of ketones is 2. The van der Waals surface area contributed by atoms with Gasteiger partial charge in [-0.15, -0.1) is 10.2 Å². The number of halogens is 2. The molecular weight excluding hydrogens is 539 g/mol. The summed E-state index contributed by atoms with van der Waals surface area (Å²) in [6, 6.07) is 13.0. The minimum atomic E-state index is -0.644. The monoisotopic (exact) mass is 556 g/mol. The second kappa shape index (κ2) is 9.83. The van der Waals surface area contributed by atoms with E-state index >= 15 is 0 Å². The maximum absolute atomic E-state index is 13.4. The summed E-state index contributed by atoms with van der Waals surface area (Å²) in [5.41, 5.74) is 8.13. The van der Waals surface area contributed by atoms with E-state index in [-0.39, 0.29) is 66.7 Å². The number of aromatic nitrogens is 1. The molecule has 0 radical (unpaired) electrons. The highest BCUT2D eigenvalue weighted by Gasteiger charge is 2.37. The average molecular weight is 557 g/mol. The summed E-state index contributed by atoms with van der Waals surface area (Å²) in [6.45, 7) is 11.3. The molecule has 0 fully saturated rings. The zero-order chi connectivity index (χ0) is 28.0. The van der Waals surface area contributed by atoms with Crippen molar-refractivity contribution in [2.75, 3.05) is 11.1 Å². The van der Waals surface area contributed by atoms with Crippen molar-refractivity contribution in [2.45, 2.75) is 13.8 Å². The van der Waals surface area contributed by atoms with E-state index in [1.54, 1.807) is 6.92 Å². The van der Waals surface area contributed by atoms with Crippen LogP contribution in [0.25, 0.3) is 4.85 Å². The maximum atomic E-state index is 13.4. The number of fused-ring (bicyclic) bond motifs is 2. The Morgan fingerprint density at radius 2 is 1.64 bits per heavy atom. The van der Waals surface area contributed by atoms with Gasteiger partial charge in [-0.2, -0.15) is 0 Å². The van der Waals surface area contributed by atoms with E-state index in [0.29, 0.717) is 5.56 Å². The third-order valence-electron chi connectivity index (χ3n) is 6.26. The molecular formula is C28H18Cl2N6O3. The number of nitrogens with zero attached hydrogens (tertiary/aromatic N) is 4. The number of carbonyl (C=O) groups excluding carboxylic acids is 2. The van der Waals surface area contributed by atoms with Crippen LogP contribution in [0.2, 0.25) is 10.0 Å². The predicted octanol–water partition coefficient (Wildman–Crippen LogP) is 7.78. The standard InChI is InChI=1S/C28H18Cl2N6O3/c1-12-7-9-14(10-8-12)33-28-23(32-3)13(2)22(27(31)34-28)35-36-24-17(30)11-16(29)20-21(24)25(38)15-5-4-6-18(37)19(15)26(20)39/h4-11,37H,1-2H3,(H3,31,33,34). The molecule has 0 saturated carbocycles. The molecule has 0 atom stereocenters. The normalized spacial score (nSPS) is 12.3. The van der Waals surface area contributed by atoms with Crippen molar-refractivity contribution in [3.8, 4) is 5.75 Å². The summed E-state index contributed by atoms with van der Waals surface area (Å²) in [4.78, 5) is 34.6. The molecule has 4 aromatic rings. The number of benzene rings is 3. The first-order chi connectivity index (χ1) is 18.6. The van der Waals surface area contributed by atoms with Gasteiger partial charge < -0.3 is 16.2 Å². The third-order valence-corrected chi connectivity index (χ3v) is 6.85. The fourth-order valence-corrected chi connectivity index (χ4v) is 4.90. The number of aromatic hydroxyl groups is 1. The molecule has 1 aliphatic rings. The van der Waals surface area contributed by atoms with Crippen molar-refractivity contribution in [3.63, 3.8) is 0 Å². The van der Waals surface area contributed by atoms with E-state index in [4.69, 9.17) is 35.5 Å². The molecule has 0 spiro atoms.